The highest BCUT2D eigenvalue weighted by molar-refractivity contribution is 6.39. The second-order valence-corrected chi connectivity index (χ2v) is 7.61. The van der Waals surface area contributed by atoms with Gasteiger partial charge in [-0.25, -0.2) is 4.39 Å². The molecule has 0 aromatic heterocycles. The lowest BCUT2D eigenvalue weighted by Gasteiger charge is -2.33. The molecule has 4 rings (SSSR count). The Labute approximate surface area is 147 Å². The van der Waals surface area contributed by atoms with Gasteiger partial charge in [0.1, 0.15) is 5.82 Å². The molecule has 0 unspecified atom stereocenters. The van der Waals surface area contributed by atoms with Gasteiger partial charge in [-0.15, -0.1) is 0 Å². The van der Waals surface area contributed by atoms with Crippen LogP contribution in [0.3, 0.4) is 0 Å². The molecule has 0 spiro atoms. The summed E-state index contributed by atoms with van der Waals surface area (Å²) in [4.78, 5) is 29.1. The van der Waals surface area contributed by atoms with E-state index in [4.69, 9.17) is 0 Å². The zero-order valence-electron chi connectivity index (χ0n) is 14.5. The van der Waals surface area contributed by atoms with Crippen molar-refractivity contribution in [3.05, 3.63) is 29.6 Å². The highest BCUT2D eigenvalue weighted by Crippen LogP contribution is 2.40. The Hall–Kier alpha value is -1.95. The highest BCUT2D eigenvalue weighted by Gasteiger charge is 2.48. The van der Waals surface area contributed by atoms with Crippen molar-refractivity contribution < 1.29 is 14.0 Å². The molecule has 0 saturated carbocycles. The average Bonchev–Trinajstić information content (AvgIpc) is 3.15. The predicted octanol–water partition coefficient (Wildman–Crippen LogP) is 2.02. The lowest BCUT2D eigenvalue weighted by Crippen LogP contribution is -2.43. The molecule has 6 heteroatoms. The number of hydrogen-bond donors (Lipinski definition) is 1. The van der Waals surface area contributed by atoms with Gasteiger partial charge in [-0.2, -0.15) is 0 Å². The Balaban J connectivity index is 1.40. The highest BCUT2D eigenvalue weighted by atomic mass is 19.1. The standard InChI is InChI=1S/C19H24FN3O2/c1-12-5-6-14(20)8-16(12)21-18(24)19(25)23-10-13-9-22-7-3-2-4-17(22)15(13)11-23/h5-6,8,13,15,17H,2-4,7,9-11H2,1H3,(H,21,24)/t13-,15+,17-/m0/s1. The SMILES string of the molecule is Cc1ccc(F)cc1NC(=O)C(=O)N1C[C@@H]2CN3CCCC[C@H]3[C@@H]2C1. The van der Waals surface area contributed by atoms with E-state index in [1.807, 2.05) is 0 Å². The summed E-state index contributed by atoms with van der Waals surface area (Å²) < 4.78 is 13.4. The molecule has 25 heavy (non-hydrogen) atoms. The van der Waals surface area contributed by atoms with E-state index in [1.165, 1.54) is 37.9 Å². The Morgan fingerprint density at radius 1 is 1.20 bits per heavy atom. The van der Waals surface area contributed by atoms with Gasteiger partial charge in [0.15, 0.2) is 0 Å². The third kappa shape index (κ3) is 3.03. The van der Waals surface area contributed by atoms with Crippen molar-refractivity contribution in [1.82, 2.24) is 9.80 Å². The second kappa shape index (κ2) is 6.41. The van der Waals surface area contributed by atoms with Crippen LogP contribution < -0.4 is 5.32 Å². The van der Waals surface area contributed by atoms with Crippen LogP contribution in [0.5, 0.6) is 0 Å². The Morgan fingerprint density at radius 3 is 2.88 bits per heavy atom. The second-order valence-electron chi connectivity index (χ2n) is 7.61. The van der Waals surface area contributed by atoms with Crippen LogP contribution in [0.2, 0.25) is 0 Å². The third-order valence-corrected chi connectivity index (χ3v) is 6.05. The molecule has 2 amide bonds. The van der Waals surface area contributed by atoms with Crippen LogP contribution in [0.15, 0.2) is 18.2 Å². The zero-order chi connectivity index (χ0) is 17.6. The van der Waals surface area contributed by atoms with Crippen molar-refractivity contribution in [3.63, 3.8) is 0 Å². The summed E-state index contributed by atoms with van der Waals surface area (Å²) in [6.07, 6.45) is 3.74. The van der Waals surface area contributed by atoms with Gasteiger partial charge >= 0.3 is 11.8 Å². The van der Waals surface area contributed by atoms with E-state index in [9.17, 15) is 14.0 Å². The first-order valence-electron chi connectivity index (χ1n) is 9.13. The van der Waals surface area contributed by atoms with Crippen molar-refractivity contribution >= 4 is 17.5 Å². The fourth-order valence-electron chi connectivity index (χ4n) is 4.77. The maximum atomic E-state index is 13.4. The minimum absolute atomic E-state index is 0.358. The topological polar surface area (TPSA) is 52.7 Å². The first kappa shape index (κ1) is 16.5. The fourth-order valence-corrected chi connectivity index (χ4v) is 4.77. The van der Waals surface area contributed by atoms with Crippen molar-refractivity contribution in [3.8, 4) is 0 Å². The number of piperidine rings is 1. The summed E-state index contributed by atoms with van der Waals surface area (Å²) >= 11 is 0. The summed E-state index contributed by atoms with van der Waals surface area (Å²) in [5.74, 6) is -0.625. The molecule has 1 aromatic rings. The van der Waals surface area contributed by atoms with Crippen LogP contribution in [0, 0.1) is 24.6 Å². The smallest absolute Gasteiger partial charge is 0.313 e. The number of nitrogens with one attached hydrogen (secondary N) is 1. The number of carbonyl (C=O) groups is 2. The number of halogens is 1. The van der Waals surface area contributed by atoms with Crippen LogP contribution in [-0.4, -0.2) is 53.8 Å². The number of rotatable bonds is 1. The third-order valence-electron chi connectivity index (χ3n) is 6.05. The van der Waals surface area contributed by atoms with Gasteiger partial charge < -0.3 is 10.2 Å². The minimum atomic E-state index is -0.672. The van der Waals surface area contributed by atoms with Crippen LogP contribution in [-0.2, 0) is 9.59 Å². The van der Waals surface area contributed by atoms with Gasteiger partial charge in [-0.3, -0.25) is 14.5 Å². The van der Waals surface area contributed by atoms with Gasteiger partial charge in [0.2, 0.25) is 0 Å². The van der Waals surface area contributed by atoms with Crippen molar-refractivity contribution in [2.75, 3.05) is 31.5 Å². The summed E-state index contributed by atoms with van der Waals surface area (Å²) in [5, 5.41) is 2.57. The van der Waals surface area contributed by atoms with Gasteiger partial charge in [0, 0.05) is 31.4 Å². The van der Waals surface area contributed by atoms with E-state index in [0.29, 0.717) is 36.7 Å². The van der Waals surface area contributed by atoms with Crippen LogP contribution >= 0.6 is 0 Å². The lowest BCUT2D eigenvalue weighted by molar-refractivity contribution is -0.142. The Bertz CT molecular complexity index is 708. The number of likely N-dealkylation sites (tertiary alicyclic amines) is 1. The molecule has 3 saturated heterocycles. The largest absolute Gasteiger partial charge is 0.334 e. The molecule has 0 radical (unpaired) electrons. The number of amides is 2. The first-order valence-corrected chi connectivity index (χ1v) is 9.13. The van der Waals surface area contributed by atoms with Gasteiger partial charge in [0.25, 0.3) is 0 Å². The molecule has 1 N–H and O–H groups in total. The van der Waals surface area contributed by atoms with E-state index < -0.39 is 17.6 Å². The lowest BCUT2D eigenvalue weighted by atomic mass is 9.90. The van der Waals surface area contributed by atoms with E-state index in [2.05, 4.69) is 10.2 Å². The summed E-state index contributed by atoms with van der Waals surface area (Å²) in [5.41, 5.74) is 1.09. The number of anilines is 1. The normalized spacial score (nSPS) is 28.6. The Morgan fingerprint density at radius 2 is 2.04 bits per heavy atom. The molecule has 3 heterocycles. The Kier molecular flexibility index (Phi) is 4.23. The van der Waals surface area contributed by atoms with Crippen molar-refractivity contribution in [1.29, 1.82) is 0 Å². The number of aryl methyl sites for hydroxylation is 1. The molecule has 5 nitrogen and oxygen atoms in total. The number of carbonyl (C=O) groups excluding carboxylic acids is 2. The predicted molar refractivity (Wildman–Crippen MR) is 92.5 cm³/mol. The van der Waals surface area contributed by atoms with Crippen LogP contribution in [0.25, 0.3) is 0 Å². The number of benzene rings is 1. The van der Waals surface area contributed by atoms with Gasteiger partial charge in [-0.1, -0.05) is 12.5 Å². The maximum absolute atomic E-state index is 13.4. The molecule has 3 fully saturated rings. The minimum Gasteiger partial charge on any atom is -0.334 e. The molecule has 0 aliphatic carbocycles. The molecular weight excluding hydrogens is 321 g/mol. The monoisotopic (exact) mass is 345 g/mol. The molecule has 1 aromatic carbocycles. The molecular formula is C19H24FN3O2. The molecule has 134 valence electrons. The average molecular weight is 345 g/mol. The summed E-state index contributed by atoms with van der Waals surface area (Å²) in [7, 11) is 0. The van der Waals surface area contributed by atoms with Gasteiger partial charge in [-0.05, 0) is 55.8 Å². The summed E-state index contributed by atoms with van der Waals surface area (Å²) in [6, 6.07) is 4.75. The van der Waals surface area contributed by atoms with E-state index >= 15 is 0 Å². The number of hydrogen-bond acceptors (Lipinski definition) is 3. The summed E-state index contributed by atoms with van der Waals surface area (Å²) in [6.45, 7) is 5.32. The van der Waals surface area contributed by atoms with E-state index in [0.717, 1.165) is 12.1 Å². The molecule has 3 aliphatic rings. The van der Waals surface area contributed by atoms with E-state index in [-0.39, 0.29) is 0 Å². The fraction of sp³-hybridized carbons (Fsp3) is 0.579. The maximum Gasteiger partial charge on any atom is 0.313 e. The van der Waals surface area contributed by atoms with Gasteiger partial charge in [0.05, 0.1) is 0 Å². The quantitative estimate of drug-likeness (QED) is 0.792. The van der Waals surface area contributed by atoms with E-state index in [1.54, 1.807) is 17.9 Å². The van der Waals surface area contributed by atoms with Crippen molar-refractivity contribution in [2.24, 2.45) is 11.8 Å². The van der Waals surface area contributed by atoms with Crippen LogP contribution in [0.1, 0.15) is 24.8 Å². The zero-order valence-corrected chi connectivity index (χ0v) is 14.5. The van der Waals surface area contributed by atoms with Crippen molar-refractivity contribution in [2.45, 2.75) is 32.2 Å². The number of fused-ring (bicyclic) bond motifs is 3. The molecule has 3 aliphatic heterocycles. The molecule has 0 bridgehead atoms. The molecule has 3 atom stereocenters. The van der Waals surface area contributed by atoms with Crippen LogP contribution in [0.4, 0.5) is 10.1 Å². The number of nitrogens with zero attached hydrogens (tertiary/aromatic N) is 2. The first-order chi connectivity index (χ1) is 12.0.